The monoisotopic (exact) mass is 260 g/mol. The van der Waals surface area contributed by atoms with Crippen LogP contribution in [0.4, 0.5) is 5.69 Å². The Bertz CT molecular complexity index is 507. The average Bonchev–Trinajstić information content (AvgIpc) is 2.90. The molecule has 1 heterocycles. The molecule has 18 heavy (non-hydrogen) atoms. The van der Waals surface area contributed by atoms with Crippen LogP contribution in [0.3, 0.4) is 0 Å². The van der Waals surface area contributed by atoms with E-state index in [1.54, 1.807) is 6.20 Å². The lowest BCUT2D eigenvalue weighted by molar-refractivity contribution is 0.865. The fourth-order valence-electron chi connectivity index (χ4n) is 1.68. The molecule has 2 rings (SSSR count). The van der Waals surface area contributed by atoms with E-state index in [0.29, 0.717) is 11.7 Å². The average molecular weight is 260 g/mol. The lowest BCUT2D eigenvalue weighted by Gasteiger charge is -2.12. The number of hydrogen-bond acceptors (Lipinski definition) is 2. The van der Waals surface area contributed by atoms with Crippen LogP contribution in [0.25, 0.3) is 0 Å². The van der Waals surface area contributed by atoms with E-state index in [0.717, 1.165) is 17.8 Å². The molecular weight excluding hydrogens is 244 g/mol. The Morgan fingerprint density at radius 2 is 2.17 bits per heavy atom. The molecule has 0 bridgehead atoms. The fraction of sp³-hybridized carbons (Fsp3) is 0.231. The van der Waals surface area contributed by atoms with Crippen molar-refractivity contribution in [3.63, 3.8) is 0 Å². The van der Waals surface area contributed by atoms with Crippen LogP contribution in [0.2, 0.25) is 0 Å². The summed E-state index contributed by atoms with van der Waals surface area (Å²) in [7, 11) is 0. The van der Waals surface area contributed by atoms with Crippen LogP contribution in [-0.2, 0) is 13.0 Å². The van der Waals surface area contributed by atoms with Crippen LogP contribution < -0.4 is 10.6 Å². The van der Waals surface area contributed by atoms with Gasteiger partial charge in [0.25, 0.3) is 0 Å². The first-order valence-corrected chi connectivity index (χ1v) is 6.31. The van der Waals surface area contributed by atoms with Crippen LogP contribution in [0, 0.1) is 0 Å². The van der Waals surface area contributed by atoms with Crippen molar-refractivity contribution >= 4 is 23.0 Å². The molecule has 3 N–H and O–H groups in total. The molecule has 0 fully saturated rings. The van der Waals surface area contributed by atoms with Crippen molar-refractivity contribution in [1.82, 2.24) is 15.5 Å². The number of H-pyrrole nitrogens is 1. The molecule has 0 saturated heterocycles. The van der Waals surface area contributed by atoms with E-state index in [9.17, 15) is 0 Å². The Morgan fingerprint density at radius 3 is 2.89 bits per heavy atom. The lowest BCUT2D eigenvalue weighted by atomic mass is 10.1. The van der Waals surface area contributed by atoms with Gasteiger partial charge in [-0.15, -0.1) is 0 Å². The largest absolute Gasteiger partial charge is 0.357 e. The van der Waals surface area contributed by atoms with Crippen LogP contribution >= 0.6 is 12.2 Å². The molecule has 0 radical (unpaired) electrons. The molecule has 0 aliphatic heterocycles. The molecule has 0 unspecified atom stereocenters. The maximum absolute atomic E-state index is 5.26. The highest BCUT2D eigenvalue weighted by Gasteiger charge is 2.02. The summed E-state index contributed by atoms with van der Waals surface area (Å²) in [6.07, 6.45) is 2.70. The summed E-state index contributed by atoms with van der Waals surface area (Å²) < 4.78 is 0. The lowest BCUT2D eigenvalue weighted by Crippen LogP contribution is -2.28. The zero-order valence-electron chi connectivity index (χ0n) is 10.2. The number of benzene rings is 1. The zero-order valence-corrected chi connectivity index (χ0v) is 11.1. The first kappa shape index (κ1) is 12.6. The fourth-order valence-corrected chi connectivity index (χ4v) is 1.86. The van der Waals surface area contributed by atoms with E-state index >= 15 is 0 Å². The standard InChI is InChI=1S/C13H16N4S/c1-2-10-5-3-4-6-12(10)16-13(18)14-9-11-7-8-15-17-11/h3-8H,2,9H2,1H3,(H,15,17)(H2,14,16,18). The smallest absolute Gasteiger partial charge is 0.171 e. The number of aromatic nitrogens is 2. The van der Waals surface area contributed by atoms with Gasteiger partial charge in [-0.3, -0.25) is 5.10 Å². The topological polar surface area (TPSA) is 52.7 Å². The Balaban J connectivity index is 1.90. The van der Waals surface area contributed by atoms with Crippen molar-refractivity contribution < 1.29 is 0 Å². The van der Waals surface area contributed by atoms with Crippen molar-refractivity contribution in [2.75, 3.05) is 5.32 Å². The molecule has 1 aromatic heterocycles. The molecule has 0 amide bonds. The SMILES string of the molecule is CCc1ccccc1NC(=S)NCc1ccn[nH]1. The minimum atomic E-state index is 0.616. The van der Waals surface area contributed by atoms with E-state index in [4.69, 9.17) is 12.2 Å². The van der Waals surface area contributed by atoms with Crippen molar-refractivity contribution in [1.29, 1.82) is 0 Å². The summed E-state index contributed by atoms with van der Waals surface area (Å²) in [6, 6.07) is 10.1. The molecule has 0 spiro atoms. The number of thiocarbonyl (C=S) groups is 1. The van der Waals surface area contributed by atoms with Crippen LogP contribution in [0.5, 0.6) is 0 Å². The number of anilines is 1. The number of aryl methyl sites for hydroxylation is 1. The highest BCUT2D eigenvalue weighted by Crippen LogP contribution is 2.15. The number of para-hydroxylation sites is 1. The number of aromatic amines is 1. The maximum atomic E-state index is 5.26. The third-order valence-electron chi connectivity index (χ3n) is 2.64. The second-order valence-electron chi connectivity index (χ2n) is 3.90. The van der Waals surface area contributed by atoms with Crippen molar-refractivity contribution in [2.24, 2.45) is 0 Å². The number of rotatable bonds is 4. The van der Waals surface area contributed by atoms with Gasteiger partial charge >= 0.3 is 0 Å². The molecule has 0 atom stereocenters. The van der Waals surface area contributed by atoms with E-state index in [-0.39, 0.29) is 0 Å². The summed E-state index contributed by atoms with van der Waals surface area (Å²) in [5.41, 5.74) is 3.31. The third kappa shape index (κ3) is 3.30. The molecule has 5 heteroatoms. The minimum Gasteiger partial charge on any atom is -0.357 e. The summed E-state index contributed by atoms with van der Waals surface area (Å²) in [5, 5.41) is 13.7. The Kier molecular flexibility index (Phi) is 4.30. The second-order valence-corrected chi connectivity index (χ2v) is 4.31. The van der Waals surface area contributed by atoms with Crippen LogP contribution in [0.15, 0.2) is 36.5 Å². The van der Waals surface area contributed by atoms with Crippen molar-refractivity contribution in [3.05, 3.63) is 47.8 Å². The highest BCUT2D eigenvalue weighted by atomic mass is 32.1. The summed E-state index contributed by atoms with van der Waals surface area (Å²) in [4.78, 5) is 0. The number of hydrogen-bond donors (Lipinski definition) is 3. The van der Waals surface area contributed by atoms with Crippen LogP contribution in [-0.4, -0.2) is 15.3 Å². The molecule has 94 valence electrons. The third-order valence-corrected chi connectivity index (χ3v) is 2.89. The molecule has 2 aromatic rings. The molecule has 0 aliphatic rings. The Labute approximate surface area is 112 Å². The van der Waals surface area contributed by atoms with E-state index in [1.165, 1.54) is 5.56 Å². The minimum absolute atomic E-state index is 0.616. The van der Waals surface area contributed by atoms with Gasteiger partial charge in [0.2, 0.25) is 0 Å². The van der Waals surface area contributed by atoms with Crippen molar-refractivity contribution in [3.8, 4) is 0 Å². The predicted molar refractivity (Wildman–Crippen MR) is 77.5 cm³/mol. The normalized spacial score (nSPS) is 10.1. The number of nitrogens with zero attached hydrogens (tertiary/aromatic N) is 1. The van der Waals surface area contributed by atoms with E-state index in [2.05, 4.69) is 33.8 Å². The maximum Gasteiger partial charge on any atom is 0.171 e. The molecule has 0 aliphatic carbocycles. The zero-order chi connectivity index (χ0) is 12.8. The van der Waals surface area contributed by atoms with Gasteiger partial charge in [-0.25, -0.2) is 0 Å². The molecule has 1 aromatic carbocycles. The Morgan fingerprint density at radius 1 is 1.33 bits per heavy atom. The van der Waals surface area contributed by atoms with E-state index < -0.39 is 0 Å². The first-order chi connectivity index (χ1) is 8.79. The Hall–Kier alpha value is -1.88. The summed E-state index contributed by atoms with van der Waals surface area (Å²) in [5.74, 6) is 0. The number of nitrogens with one attached hydrogen (secondary N) is 3. The van der Waals surface area contributed by atoms with Crippen LogP contribution in [0.1, 0.15) is 18.2 Å². The van der Waals surface area contributed by atoms with Gasteiger partial charge in [-0.05, 0) is 36.3 Å². The van der Waals surface area contributed by atoms with Crippen molar-refractivity contribution in [2.45, 2.75) is 19.9 Å². The molecular formula is C13H16N4S. The summed E-state index contributed by atoms with van der Waals surface area (Å²) in [6.45, 7) is 2.77. The van der Waals surface area contributed by atoms with E-state index in [1.807, 2.05) is 24.3 Å². The van der Waals surface area contributed by atoms with Gasteiger partial charge in [-0.2, -0.15) is 5.10 Å². The van der Waals surface area contributed by atoms with Gasteiger partial charge < -0.3 is 10.6 Å². The molecule has 4 nitrogen and oxygen atoms in total. The summed E-state index contributed by atoms with van der Waals surface area (Å²) >= 11 is 5.26. The van der Waals surface area contributed by atoms with Gasteiger partial charge in [0.05, 0.1) is 12.2 Å². The quantitative estimate of drug-likeness (QED) is 0.739. The van der Waals surface area contributed by atoms with Gasteiger partial charge in [0.15, 0.2) is 5.11 Å². The van der Waals surface area contributed by atoms with Gasteiger partial charge in [0, 0.05) is 11.9 Å². The predicted octanol–water partition coefficient (Wildman–Crippen LogP) is 2.46. The first-order valence-electron chi connectivity index (χ1n) is 5.90. The van der Waals surface area contributed by atoms with Gasteiger partial charge in [-0.1, -0.05) is 25.1 Å². The van der Waals surface area contributed by atoms with Gasteiger partial charge in [0.1, 0.15) is 0 Å². The second kappa shape index (κ2) is 6.16. The molecule has 0 saturated carbocycles. The highest BCUT2D eigenvalue weighted by molar-refractivity contribution is 7.80.